The van der Waals surface area contributed by atoms with Gasteiger partial charge in [0, 0.05) is 49.8 Å². The Labute approximate surface area is 229 Å². The minimum atomic E-state index is -0.188. The molecule has 0 radical (unpaired) electrons. The number of likely N-dealkylation sites (tertiary alicyclic amines) is 1. The Hall–Kier alpha value is -4.12. The number of hydrogen-bond acceptors (Lipinski definition) is 7. The average Bonchev–Trinajstić information content (AvgIpc) is 3.46. The number of carbonyl (C=O) groups is 2. The molecule has 1 aliphatic heterocycles. The highest BCUT2D eigenvalue weighted by atomic mass is 79.9. The van der Waals surface area contributed by atoms with Crippen molar-refractivity contribution in [2.75, 3.05) is 42.1 Å². The quantitative estimate of drug-likeness (QED) is 0.169. The molecule has 5 N–H and O–H groups in total. The number of urea groups is 1. The third-order valence-corrected chi connectivity index (χ3v) is 6.35. The number of phenols is 1. The van der Waals surface area contributed by atoms with E-state index in [1.54, 1.807) is 36.5 Å². The van der Waals surface area contributed by atoms with Gasteiger partial charge in [0.05, 0.1) is 4.47 Å². The fourth-order valence-corrected chi connectivity index (χ4v) is 4.13. The van der Waals surface area contributed by atoms with Crippen LogP contribution in [0, 0.1) is 0 Å². The molecule has 0 saturated carbocycles. The zero-order chi connectivity index (χ0) is 26.7. The number of anilines is 4. The minimum absolute atomic E-state index is 0.0874. The Bertz CT molecular complexity index is 1280. The number of rotatable bonds is 10. The standard InChI is InChI=1S/C27H30BrN7O3/c28-23-18-31-26(32-20-5-3-6-21(17-20)33-27(38)35-15-1-2-16-35)34-25(23)30-14-4-13-29-24(37)12-9-19-7-10-22(36)11-8-19/h3,5-12,17-18,36H,1-2,4,13-16H2,(H,29,37)(H,33,38)(H2,30,31,32,34). The first kappa shape index (κ1) is 26.9. The maximum atomic E-state index is 12.4. The molecule has 198 valence electrons. The van der Waals surface area contributed by atoms with E-state index in [1.165, 1.54) is 6.08 Å². The van der Waals surface area contributed by atoms with Crippen LogP contribution in [0.2, 0.25) is 0 Å². The zero-order valence-corrected chi connectivity index (χ0v) is 22.4. The Balaban J connectivity index is 1.23. The number of phenolic OH excluding ortho intramolecular Hbond substituents is 1. The summed E-state index contributed by atoms with van der Waals surface area (Å²) in [4.78, 5) is 35.1. The van der Waals surface area contributed by atoms with Gasteiger partial charge in [-0.2, -0.15) is 4.98 Å². The molecule has 3 amide bonds. The maximum absolute atomic E-state index is 12.4. The van der Waals surface area contributed by atoms with Gasteiger partial charge in [0.15, 0.2) is 0 Å². The van der Waals surface area contributed by atoms with E-state index in [9.17, 15) is 14.7 Å². The van der Waals surface area contributed by atoms with E-state index >= 15 is 0 Å². The number of nitrogens with one attached hydrogen (secondary N) is 4. The number of amides is 3. The van der Waals surface area contributed by atoms with Crippen molar-refractivity contribution in [1.29, 1.82) is 0 Å². The second kappa shape index (κ2) is 13.4. The molecule has 0 bridgehead atoms. The summed E-state index contributed by atoms with van der Waals surface area (Å²) in [5.41, 5.74) is 2.28. The molecular weight excluding hydrogens is 550 g/mol. The largest absolute Gasteiger partial charge is 0.508 e. The summed E-state index contributed by atoms with van der Waals surface area (Å²) < 4.78 is 0.718. The van der Waals surface area contributed by atoms with Gasteiger partial charge in [0.2, 0.25) is 11.9 Å². The summed E-state index contributed by atoms with van der Waals surface area (Å²) in [6, 6.07) is 13.9. The topological polar surface area (TPSA) is 132 Å². The molecule has 0 atom stereocenters. The van der Waals surface area contributed by atoms with Crippen molar-refractivity contribution < 1.29 is 14.7 Å². The van der Waals surface area contributed by atoms with Crippen molar-refractivity contribution in [1.82, 2.24) is 20.2 Å². The third kappa shape index (κ3) is 8.20. The number of aromatic hydroxyl groups is 1. The van der Waals surface area contributed by atoms with Crippen molar-refractivity contribution in [3.8, 4) is 5.75 Å². The Kier molecular flexibility index (Phi) is 9.52. The molecule has 1 saturated heterocycles. The average molecular weight is 580 g/mol. The summed E-state index contributed by atoms with van der Waals surface area (Å²) in [6.07, 6.45) is 7.59. The highest BCUT2D eigenvalue weighted by Crippen LogP contribution is 2.23. The van der Waals surface area contributed by atoms with Gasteiger partial charge < -0.3 is 31.3 Å². The summed E-state index contributed by atoms with van der Waals surface area (Å²) in [5, 5.41) is 21.5. The number of benzene rings is 2. The molecule has 1 fully saturated rings. The van der Waals surface area contributed by atoms with Gasteiger partial charge in [0.25, 0.3) is 0 Å². The van der Waals surface area contributed by atoms with Gasteiger partial charge in [0.1, 0.15) is 11.6 Å². The molecule has 0 aliphatic carbocycles. The fourth-order valence-electron chi connectivity index (χ4n) is 3.80. The molecule has 0 spiro atoms. The van der Waals surface area contributed by atoms with Crippen LogP contribution in [-0.2, 0) is 4.79 Å². The van der Waals surface area contributed by atoms with Crippen LogP contribution in [0.5, 0.6) is 5.75 Å². The first-order valence-electron chi connectivity index (χ1n) is 12.4. The van der Waals surface area contributed by atoms with Crippen LogP contribution < -0.4 is 21.3 Å². The molecule has 1 aliphatic rings. The molecule has 11 heteroatoms. The van der Waals surface area contributed by atoms with Gasteiger partial charge >= 0.3 is 6.03 Å². The lowest BCUT2D eigenvalue weighted by Gasteiger charge is -2.16. The maximum Gasteiger partial charge on any atom is 0.321 e. The number of halogens is 1. The highest BCUT2D eigenvalue weighted by Gasteiger charge is 2.17. The SMILES string of the molecule is O=C(C=Cc1ccc(O)cc1)NCCCNc1nc(Nc2cccc(NC(=O)N3CCCC3)c2)ncc1Br. The Morgan fingerprint density at radius 2 is 1.82 bits per heavy atom. The fraction of sp³-hybridized carbons (Fsp3) is 0.259. The van der Waals surface area contributed by atoms with Crippen molar-refractivity contribution in [2.24, 2.45) is 0 Å². The molecule has 1 aromatic heterocycles. The van der Waals surface area contributed by atoms with E-state index in [0.29, 0.717) is 37.0 Å². The van der Waals surface area contributed by atoms with E-state index in [1.807, 2.05) is 29.2 Å². The van der Waals surface area contributed by atoms with E-state index in [4.69, 9.17) is 0 Å². The summed E-state index contributed by atoms with van der Waals surface area (Å²) in [7, 11) is 0. The molecule has 0 unspecified atom stereocenters. The van der Waals surface area contributed by atoms with Crippen molar-refractivity contribution in [2.45, 2.75) is 19.3 Å². The van der Waals surface area contributed by atoms with E-state index in [2.05, 4.69) is 47.2 Å². The molecular formula is C27H30BrN7O3. The van der Waals surface area contributed by atoms with Gasteiger partial charge in [-0.25, -0.2) is 9.78 Å². The second-order valence-electron chi connectivity index (χ2n) is 8.72. The highest BCUT2D eigenvalue weighted by molar-refractivity contribution is 9.10. The molecule has 4 rings (SSSR count). The first-order valence-corrected chi connectivity index (χ1v) is 13.2. The number of hydrogen-bond donors (Lipinski definition) is 5. The number of carbonyl (C=O) groups excluding carboxylic acids is 2. The normalized spacial score (nSPS) is 12.9. The predicted molar refractivity (Wildman–Crippen MR) is 153 cm³/mol. The van der Waals surface area contributed by atoms with Crippen LogP contribution >= 0.6 is 15.9 Å². The molecule has 2 heterocycles. The van der Waals surface area contributed by atoms with E-state index < -0.39 is 0 Å². The molecule has 2 aromatic carbocycles. The smallest absolute Gasteiger partial charge is 0.321 e. The van der Waals surface area contributed by atoms with Crippen LogP contribution in [0.3, 0.4) is 0 Å². The van der Waals surface area contributed by atoms with Crippen LogP contribution in [0.15, 0.2) is 65.3 Å². The minimum Gasteiger partial charge on any atom is -0.508 e. The first-order chi connectivity index (χ1) is 18.5. The Morgan fingerprint density at radius 1 is 1.05 bits per heavy atom. The van der Waals surface area contributed by atoms with Crippen molar-refractivity contribution in [3.05, 3.63) is 70.8 Å². The van der Waals surface area contributed by atoms with Gasteiger partial charge in [-0.1, -0.05) is 18.2 Å². The number of nitrogens with zero attached hydrogens (tertiary/aromatic N) is 3. The van der Waals surface area contributed by atoms with Crippen LogP contribution in [0.25, 0.3) is 6.08 Å². The van der Waals surface area contributed by atoms with E-state index in [0.717, 1.165) is 41.7 Å². The lowest BCUT2D eigenvalue weighted by atomic mass is 10.2. The third-order valence-electron chi connectivity index (χ3n) is 5.77. The lowest BCUT2D eigenvalue weighted by molar-refractivity contribution is -0.116. The summed E-state index contributed by atoms with van der Waals surface area (Å²) in [6.45, 7) is 2.66. The van der Waals surface area contributed by atoms with Crippen molar-refractivity contribution in [3.63, 3.8) is 0 Å². The molecule has 3 aromatic rings. The second-order valence-corrected chi connectivity index (χ2v) is 9.57. The van der Waals surface area contributed by atoms with Crippen molar-refractivity contribution >= 4 is 57.1 Å². The monoisotopic (exact) mass is 579 g/mol. The van der Waals surface area contributed by atoms with Crippen LogP contribution in [-0.4, -0.2) is 58.1 Å². The summed E-state index contributed by atoms with van der Waals surface area (Å²) in [5.74, 6) is 1.03. The predicted octanol–water partition coefficient (Wildman–Crippen LogP) is 4.95. The number of aromatic nitrogens is 2. The van der Waals surface area contributed by atoms with E-state index in [-0.39, 0.29) is 17.7 Å². The van der Waals surface area contributed by atoms with Crippen LogP contribution in [0.4, 0.5) is 27.9 Å². The van der Waals surface area contributed by atoms with Gasteiger partial charge in [-0.15, -0.1) is 0 Å². The zero-order valence-electron chi connectivity index (χ0n) is 20.8. The van der Waals surface area contributed by atoms with Gasteiger partial charge in [-0.3, -0.25) is 4.79 Å². The molecule has 38 heavy (non-hydrogen) atoms. The van der Waals surface area contributed by atoms with Gasteiger partial charge in [-0.05, 0) is 77.2 Å². The summed E-state index contributed by atoms with van der Waals surface area (Å²) >= 11 is 3.46. The van der Waals surface area contributed by atoms with Crippen LogP contribution in [0.1, 0.15) is 24.8 Å². The Morgan fingerprint density at radius 3 is 2.61 bits per heavy atom. The molecule has 10 nitrogen and oxygen atoms in total. The lowest BCUT2D eigenvalue weighted by Crippen LogP contribution is -2.32.